The molecule has 0 unspecified atom stereocenters. The van der Waals surface area contributed by atoms with Crippen molar-refractivity contribution in [2.45, 2.75) is 26.7 Å². The fourth-order valence-corrected chi connectivity index (χ4v) is 3.14. The average Bonchev–Trinajstić information content (AvgIpc) is 2.66. The standard InChI is InChI=1S/C20H21BrClN3O3/c1-3-14-6-4-5-7-17(14)23-19(26)10-13(2)24-25-20(27)12-28-18-9-8-15(22)11-16(18)21/h4-9,11H,3,10,12H2,1-2H3,(H,23,26)(H,25,27). The van der Waals surface area contributed by atoms with Crippen LogP contribution in [0.1, 0.15) is 25.8 Å². The maximum absolute atomic E-state index is 12.2. The molecule has 28 heavy (non-hydrogen) atoms. The molecule has 2 amide bonds. The molecule has 0 saturated carbocycles. The summed E-state index contributed by atoms with van der Waals surface area (Å²) in [6.45, 7) is 3.48. The normalized spacial score (nSPS) is 11.1. The number of nitrogens with one attached hydrogen (secondary N) is 2. The number of benzene rings is 2. The fourth-order valence-electron chi connectivity index (χ4n) is 2.34. The Hall–Kier alpha value is -2.38. The largest absolute Gasteiger partial charge is 0.483 e. The molecule has 6 nitrogen and oxygen atoms in total. The zero-order chi connectivity index (χ0) is 20.5. The lowest BCUT2D eigenvalue weighted by Gasteiger charge is -2.10. The first-order valence-corrected chi connectivity index (χ1v) is 9.83. The van der Waals surface area contributed by atoms with Crippen LogP contribution in [-0.4, -0.2) is 24.1 Å². The number of carbonyl (C=O) groups excluding carboxylic acids is 2. The van der Waals surface area contributed by atoms with Crippen LogP contribution in [0.5, 0.6) is 5.75 Å². The number of hydrazone groups is 1. The van der Waals surface area contributed by atoms with Crippen molar-refractivity contribution in [3.63, 3.8) is 0 Å². The Balaban J connectivity index is 1.81. The van der Waals surface area contributed by atoms with Gasteiger partial charge >= 0.3 is 0 Å². The van der Waals surface area contributed by atoms with E-state index in [0.29, 0.717) is 21.0 Å². The van der Waals surface area contributed by atoms with E-state index in [1.807, 2.05) is 31.2 Å². The van der Waals surface area contributed by atoms with E-state index in [1.54, 1.807) is 25.1 Å². The Morgan fingerprint density at radius 1 is 1.18 bits per heavy atom. The molecule has 2 aromatic carbocycles. The van der Waals surface area contributed by atoms with E-state index in [4.69, 9.17) is 16.3 Å². The molecule has 0 saturated heterocycles. The van der Waals surface area contributed by atoms with Crippen molar-refractivity contribution < 1.29 is 14.3 Å². The molecule has 2 N–H and O–H groups in total. The molecule has 2 aromatic rings. The van der Waals surface area contributed by atoms with E-state index in [9.17, 15) is 9.59 Å². The smallest absolute Gasteiger partial charge is 0.277 e. The quantitative estimate of drug-likeness (QED) is 0.442. The van der Waals surface area contributed by atoms with Gasteiger partial charge in [0.1, 0.15) is 5.75 Å². The van der Waals surface area contributed by atoms with Crippen LogP contribution >= 0.6 is 27.5 Å². The van der Waals surface area contributed by atoms with Crippen molar-refractivity contribution in [2.75, 3.05) is 11.9 Å². The van der Waals surface area contributed by atoms with Gasteiger partial charge in [0.15, 0.2) is 6.61 Å². The van der Waals surface area contributed by atoms with E-state index in [-0.39, 0.29) is 18.9 Å². The maximum atomic E-state index is 12.2. The van der Waals surface area contributed by atoms with Gasteiger partial charge in [-0.25, -0.2) is 5.43 Å². The van der Waals surface area contributed by atoms with Gasteiger partial charge in [-0.3, -0.25) is 9.59 Å². The number of amides is 2. The molecule has 0 spiro atoms. The van der Waals surface area contributed by atoms with Crippen molar-refractivity contribution >= 4 is 50.7 Å². The van der Waals surface area contributed by atoms with Crippen molar-refractivity contribution in [2.24, 2.45) is 5.10 Å². The number of aryl methyl sites for hydroxylation is 1. The lowest BCUT2D eigenvalue weighted by molar-refractivity contribution is -0.123. The van der Waals surface area contributed by atoms with Gasteiger partial charge < -0.3 is 10.1 Å². The number of rotatable bonds is 8. The van der Waals surface area contributed by atoms with Gasteiger partial charge in [0.25, 0.3) is 5.91 Å². The second-order valence-corrected chi connectivity index (χ2v) is 7.27. The predicted octanol–water partition coefficient (Wildman–Crippen LogP) is 4.56. The number of anilines is 1. The molecule has 0 bridgehead atoms. The average molecular weight is 467 g/mol. The van der Waals surface area contributed by atoms with Crippen LogP contribution in [0.4, 0.5) is 5.69 Å². The van der Waals surface area contributed by atoms with E-state index in [0.717, 1.165) is 17.7 Å². The Kier molecular flexibility index (Phi) is 8.47. The van der Waals surface area contributed by atoms with Gasteiger partial charge in [-0.1, -0.05) is 36.7 Å². The van der Waals surface area contributed by atoms with Crippen LogP contribution in [0.2, 0.25) is 5.02 Å². The molecule has 2 rings (SSSR count). The molecule has 0 aliphatic heterocycles. The third-order valence-electron chi connectivity index (χ3n) is 3.71. The molecule has 0 atom stereocenters. The highest BCUT2D eigenvalue weighted by Gasteiger charge is 2.09. The number of carbonyl (C=O) groups is 2. The number of nitrogens with zero attached hydrogens (tertiary/aromatic N) is 1. The van der Waals surface area contributed by atoms with E-state index in [2.05, 4.69) is 31.8 Å². The van der Waals surface area contributed by atoms with Crippen LogP contribution in [0.3, 0.4) is 0 Å². The predicted molar refractivity (Wildman–Crippen MR) is 115 cm³/mol. The first-order chi connectivity index (χ1) is 13.4. The fraction of sp³-hybridized carbons (Fsp3) is 0.250. The number of hydrogen-bond donors (Lipinski definition) is 2. The highest BCUT2D eigenvalue weighted by Crippen LogP contribution is 2.27. The van der Waals surface area contributed by atoms with E-state index >= 15 is 0 Å². The lowest BCUT2D eigenvalue weighted by Crippen LogP contribution is -2.26. The van der Waals surface area contributed by atoms with Gasteiger partial charge in [-0.15, -0.1) is 0 Å². The zero-order valence-corrected chi connectivity index (χ0v) is 17.9. The molecule has 8 heteroatoms. The summed E-state index contributed by atoms with van der Waals surface area (Å²) in [6.07, 6.45) is 0.894. The Labute approximate surface area is 177 Å². The summed E-state index contributed by atoms with van der Waals surface area (Å²) < 4.78 is 6.05. The van der Waals surface area contributed by atoms with Crippen LogP contribution < -0.4 is 15.5 Å². The molecule has 0 aliphatic rings. The SMILES string of the molecule is CCc1ccccc1NC(=O)CC(C)=NNC(=O)COc1ccc(Cl)cc1Br. The summed E-state index contributed by atoms with van der Waals surface area (Å²) in [4.78, 5) is 24.0. The van der Waals surface area contributed by atoms with Crippen LogP contribution in [0.15, 0.2) is 52.0 Å². The van der Waals surface area contributed by atoms with Crippen LogP contribution in [-0.2, 0) is 16.0 Å². The third kappa shape index (κ3) is 6.98. The van der Waals surface area contributed by atoms with Gasteiger partial charge in [0.05, 0.1) is 10.9 Å². The monoisotopic (exact) mass is 465 g/mol. The summed E-state index contributed by atoms with van der Waals surface area (Å²) in [5.74, 6) is -0.134. The minimum atomic E-state index is -0.432. The Bertz CT molecular complexity index is 887. The first-order valence-electron chi connectivity index (χ1n) is 8.66. The summed E-state index contributed by atoms with van der Waals surface area (Å²) in [5, 5.41) is 7.36. The topological polar surface area (TPSA) is 79.8 Å². The second kappa shape index (κ2) is 10.8. The van der Waals surface area contributed by atoms with Crippen molar-refractivity contribution in [3.05, 3.63) is 57.5 Å². The molecule has 0 aromatic heterocycles. The van der Waals surface area contributed by atoms with Gasteiger partial charge in [0.2, 0.25) is 5.91 Å². The number of halogens is 2. The van der Waals surface area contributed by atoms with E-state index in [1.165, 1.54) is 0 Å². The third-order valence-corrected chi connectivity index (χ3v) is 4.57. The van der Waals surface area contributed by atoms with Gasteiger partial charge in [0, 0.05) is 16.4 Å². The summed E-state index contributed by atoms with van der Waals surface area (Å²) >= 11 is 9.17. The molecule has 0 heterocycles. The van der Waals surface area contributed by atoms with Crippen molar-refractivity contribution in [3.8, 4) is 5.75 Å². The first kappa shape index (κ1) is 21.9. The Morgan fingerprint density at radius 3 is 2.64 bits per heavy atom. The molecule has 148 valence electrons. The Morgan fingerprint density at radius 2 is 1.93 bits per heavy atom. The van der Waals surface area contributed by atoms with Crippen molar-refractivity contribution in [1.29, 1.82) is 0 Å². The highest BCUT2D eigenvalue weighted by molar-refractivity contribution is 9.10. The second-order valence-electron chi connectivity index (χ2n) is 5.98. The number of ether oxygens (including phenoxy) is 1. The van der Waals surface area contributed by atoms with E-state index < -0.39 is 5.91 Å². The number of hydrogen-bond acceptors (Lipinski definition) is 4. The van der Waals surface area contributed by atoms with Crippen molar-refractivity contribution in [1.82, 2.24) is 5.43 Å². The summed E-state index contributed by atoms with van der Waals surface area (Å²) in [6, 6.07) is 12.6. The molecule has 0 aliphatic carbocycles. The minimum Gasteiger partial charge on any atom is -0.483 e. The summed E-state index contributed by atoms with van der Waals surface area (Å²) in [7, 11) is 0. The van der Waals surface area contributed by atoms with Crippen LogP contribution in [0.25, 0.3) is 0 Å². The van der Waals surface area contributed by atoms with Gasteiger partial charge in [-0.2, -0.15) is 5.10 Å². The summed E-state index contributed by atoms with van der Waals surface area (Å²) in [5.41, 5.74) is 4.70. The maximum Gasteiger partial charge on any atom is 0.277 e. The van der Waals surface area contributed by atoms with Gasteiger partial charge in [-0.05, 0) is 59.1 Å². The zero-order valence-electron chi connectivity index (χ0n) is 15.6. The lowest BCUT2D eigenvalue weighted by atomic mass is 10.1. The van der Waals surface area contributed by atoms with Crippen LogP contribution in [0, 0.1) is 0 Å². The molecular formula is C20H21BrClN3O3. The molecule has 0 radical (unpaired) electrons. The minimum absolute atomic E-state index is 0.0713. The molecular weight excluding hydrogens is 446 g/mol. The molecule has 0 fully saturated rings. The highest BCUT2D eigenvalue weighted by atomic mass is 79.9. The number of para-hydroxylation sites is 1.